The summed E-state index contributed by atoms with van der Waals surface area (Å²) in [7, 11) is 0. The van der Waals surface area contributed by atoms with Crippen molar-refractivity contribution in [1.29, 1.82) is 0 Å². The molecule has 0 saturated heterocycles. The quantitative estimate of drug-likeness (QED) is 0.645. The average molecular weight is 178 g/mol. The zero-order valence-electron chi connectivity index (χ0n) is 7.59. The number of rotatable bonds is 3. The summed E-state index contributed by atoms with van der Waals surface area (Å²) in [5.74, 6) is 1.17. The van der Waals surface area contributed by atoms with Gasteiger partial charge in [0, 0.05) is 0 Å². The van der Waals surface area contributed by atoms with Gasteiger partial charge in [-0.25, -0.2) is 0 Å². The van der Waals surface area contributed by atoms with E-state index in [1.165, 1.54) is 0 Å². The predicted molar refractivity (Wildman–Crippen MR) is 43.1 cm³/mol. The molecule has 1 aliphatic carbocycles. The SMILES string of the molecule is CC(C)[C@@H]1CCC(OC(F)F)C1. The minimum Gasteiger partial charge on any atom is -0.320 e. The van der Waals surface area contributed by atoms with Crippen molar-refractivity contribution in [1.82, 2.24) is 0 Å². The normalized spacial score (nSPS) is 30.5. The van der Waals surface area contributed by atoms with Gasteiger partial charge in [0.15, 0.2) is 0 Å². The lowest BCUT2D eigenvalue weighted by atomic mass is 9.95. The predicted octanol–water partition coefficient (Wildman–Crippen LogP) is 3.05. The summed E-state index contributed by atoms with van der Waals surface area (Å²) in [5, 5.41) is 0. The van der Waals surface area contributed by atoms with Gasteiger partial charge < -0.3 is 4.74 Å². The van der Waals surface area contributed by atoms with Crippen molar-refractivity contribution in [3.63, 3.8) is 0 Å². The van der Waals surface area contributed by atoms with Gasteiger partial charge in [0.2, 0.25) is 0 Å². The average Bonchev–Trinajstić information content (AvgIpc) is 2.34. The number of ether oxygens (including phenoxy) is 1. The van der Waals surface area contributed by atoms with E-state index < -0.39 is 6.61 Å². The van der Waals surface area contributed by atoms with E-state index in [9.17, 15) is 8.78 Å². The van der Waals surface area contributed by atoms with Crippen molar-refractivity contribution in [3.05, 3.63) is 0 Å². The molecule has 0 aromatic rings. The molecule has 1 rings (SSSR count). The molecule has 0 radical (unpaired) electrons. The molecule has 0 spiro atoms. The first-order valence-electron chi connectivity index (χ1n) is 4.53. The Balaban J connectivity index is 2.26. The summed E-state index contributed by atoms with van der Waals surface area (Å²) < 4.78 is 28.0. The van der Waals surface area contributed by atoms with E-state index in [0.29, 0.717) is 11.8 Å². The third kappa shape index (κ3) is 2.70. The van der Waals surface area contributed by atoms with Gasteiger partial charge in [-0.15, -0.1) is 0 Å². The summed E-state index contributed by atoms with van der Waals surface area (Å²) in [6, 6.07) is 0. The highest BCUT2D eigenvalue weighted by molar-refractivity contribution is 4.77. The molecule has 1 saturated carbocycles. The first kappa shape index (κ1) is 9.90. The van der Waals surface area contributed by atoms with Crippen LogP contribution >= 0.6 is 0 Å². The van der Waals surface area contributed by atoms with Gasteiger partial charge in [0.05, 0.1) is 6.10 Å². The van der Waals surface area contributed by atoms with Crippen molar-refractivity contribution in [2.24, 2.45) is 11.8 Å². The minimum atomic E-state index is -2.60. The zero-order chi connectivity index (χ0) is 9.14. The van der Waals surface area contributed by atoms with E-state index in [2.05, 4.69) is 18.6 Å². The van der Waals surface area contributed by atoms with E-state index in [1.54, 1.807) is 0 Å². The molecule has 1 fully saturated rings. The third-order valence-electron chi connectivity index (χ3n) is 2.66. The fraction of sp³-hybridized carbons (Fsp3) is 1.00. The lowest BCUT2D eigenvalue weighted by Crippen LogP contribution is -2.13. The van der Waals surface area contributed by atoms with E-state index in [1.807, 2.05) is 0 Å². The highest BCUT2D eigenvalue weighted by Crippen LogP contribution is 2.33. The van der Waals surface area contributed by atoms with E-state index in [-0.39, 0.29) is 6.10 Å². The Labute approximate surface area is 72.1 Å². The lowest BCUT2D eigenvalue weighted by molar-refractivity contribution is -0.161. The maximum Gasteiger partial charge on any atom is 0.345 e. The van der Waals surface area contributed by atoms with E-state index in [0.717, 1.165) is 19.3 Å². The number of hydrogen-bond donors (Lipinski definition) is 0. The van der Waals surface area contributed by atoms with Crippen molar-refractivity contribution >= 4 is 0 Å². The molecular weight excluding hydrogens is 162 g/mol. The van der Waals surface area contributed by atoms with Crippen LogP contribution in [-0.2, 0) is 4.74 Å². The molecule has 2 atom stereocenters. The third-order valence-corrected chi connectivity index (χ3v) is 2.66. The smallest absolute Gasteiger partial charge is 0.320 e. The van der Waals surface area contributed by atoms with Gasteiger partial charge in [0.25, 0.3) is 0 Å². The van der Waals surface area contributed by atoms with E-state index in [4.69, 9.17) is 0 Å². The second-order valence-electron chi connectivity index (χ2n) is 3.84. The Morgan fingerprint density at radius 2 is 1.92 bits per heavy atom. The number of hydrogen-bond acceptors (Lipinski definition) is 1. The second-order valence-corrected chi connectivity index (χ2v) is 3.84. The summed E-state index contributed by atoms with van der Waals surface area (Å²) in [6.45, 7) is 1.67. The van der Waals surface area contributed by atoms with Gasteiger partial charge >= 0.3 is 6.61 Å². The molecule has 0 amide bonds. The Morgan fingerprint density at radius 3 is 2.33 bits per heavy atom. The van der Waals surface area contributed by atoms with Gasteiger partial charge in [-0.05, 0) is 31.1 Å². The van der Waals surface area contributed by atoms with Crippen molar-refractivity contribution < 1.29 is 13.5 Å². The van der Waals surface area contributed by atoms with Gasteiger partial charge in [-0.3, -0.25) is 0 Å². The first-order chi connectivity index (χ1) is 5.59. The molecule has 1 unspecified atom stereocenters. The van der Waals surface area contributed by atoms with Crippen molar-refractivity contribution in [2.75, 3.05) is 0 Å². The minimum absolute atomic E-state index is 0.197. The Hall–Kier alpha value is -0.180. The molecule has 0 bridgehead atoms. The Morgan fingerprint density at radius 1 is 1.25 bits per heavy atom. The van der Waals surface area contributed by atoms with Gasteiger partial charge in [-0.1, -0.05) is 13.8 Å². The summed E-state index contributed by atoms with van der Waals surface area (Å²) in [4.78, 5) is 0. The topological polar surface area (TPSA) is 9.23 Å². The van der Waals surface area contributed by atoms with Crippen LogP contribution in [0.2, 0.25) is 0 Å². The summed E-state index contributed by atoms with van der Waals surface area (Å²) >= 11 is 0. The molecule has 0 aliphatic heterocycles. The van der Waals surface area contributed by atoms with Gasteiger partial charge in [-0.2, -0.15) is 8.78 Å². The highest BCUT2D eigenvalue weighted by atomic mass is 19.3. The molecule has 0 aromatic heterocycles. The van der Waals surface area contributed by atoms with Crippen LogP contribution in [0.15, 0.2) is 0 Å². The van der Waals surface area contributed by atoms with E-state index >= 15 is 0 Å². The first-order valence-corrected chi connectivity index (χ1v) is 4.53. The molecular formula is C9H16F2O. The van der Waals surface area contributed by atoms with Crippen LogP contribution in [0.5, 0.6) is 0 Å². The number of halogens is 2. The summed E-state index contributed by atoms with van der Waals surface area (Å²) in [5.41, 5.74) is 0. The molecule has 72 valence electrons. The fourth-order valence-electron chi connectivity index (χ4n) is 1.85. The zero-order valence-corrected chi connectivity index (χ0v) is 7.59. The van der Waals surface area contributed by atoms with Crippen LogP contribution in [0.25, 0.3) is 0 Å². The molecule has 1 nitrogen and oxygen atoms in total. The lowest BCUT2D eigenvalue weighted by Gasteiger charge is -2.14. The van der Waals surface area contributed by atoms with Crippen molar-refractivity contribution in [2.45, 2.75) is 45.8 Å². The summed E-state index contributed by atoms with van der Waals surface area (Å²) in [6.07, 6.45) is 2.45. The van der Waals surface area contributed by atoms with Crippen LogP contribution in [0, 0.1) is 11.8 Å². The molecule has 3 heteroatoms. The molecule has 0 heterocycles. The monoisotopic (exact) mass is 178 g/mol. The van der Waals surface area contributed by atoms with Crippen LogP contribution in [0.3, 0.4) is 0 Å². The highest BCUT2D eigenvalue weighted by Gasteiger charge is 2.28. The largest absolute Gasteiger partial charge is 0.345 e. The number of alkyl halides is 2. The molecule has 1 aliphatic rings. The second kappa shape index (κ2) is 4.17. The fourth-order valence-corrected chi connectivity index (χ4v) is 1.85. The van der Waals surface area contributed by atoms with Crippen LogP contribution in [-0.4, -0.2) is 12.7 Å². The van der Waals surface area contributed by atoms with Crippen LogP contribution < -0.4 is 0 Å². The van der Waals surface area contributed by atoms with Gasteiger partial charge in [0.1, 0.15) is 0 Å². The maximum atomic E-state index is 11.8. The van der Waals surface area contributed by atoms with Crippen LogP contribution in [0.4, 0.5) is 8.78 Å². The molecule has 12 heavy (non-hydrogen) atoms. The Bertz CT molecular complexity index is 136. The van der Waals surface area contributed by atoms with Crippen LogP contribution in [0.1, 0.15) is 33.1 Å². The molecule has 0 N–H and O–H groups in total. The Kier molecular flexibility index (Phi) is 3.44. The maximum absolute atomic E-state index is 11.8. The standard InChI is InChI=1S/C9H16F2O/c1-6(2)7-3-4-8(5-7)12-9(10)11/h6-9H,3-5H2,1-2H3/t7-,8?/m1/s1. The molecule has 0 aromatic carbocycles. The van der Waals surface area contributed by atoms with Crippen molar-refractivity contribution in [3.8, 4) is 0 Å².